The minimum Gasteiger partial charge on any atom is -0.548 e. The first-order valence-electron chi connectivity index (χ1n) is 4.66. The van der Waals surface area contributed by atoms with Gasteiger partial charge in [0.15, 0.2) is 15.2 Å². The fraction of sp³-hybridized carbons (Fsp3) is 0.750. The van der Waals surface area contributed by atoms with Gasteiger partial charge in [-0.3, -0.25) is 4.79 Å². The number of nitrogens with two attached hydrogens (primary N) is 1. The number of carboxylic acids is 1. The summed E-state index contributed by atoms with van der Waals surface area (Å²) in [6, 6.07) is -2.62. The van der Waals surface area contributed by atoms with Gasteiger partial charge < -0.3 is 20.5 Å². The largest absolute Gasteiger partial charge is 1.00 e. The second kappa shape index (κ2) is 3.92. The summed E-state index contributed by atoms with van der Waals surface area (Å²) < 4.78 is 22.4. The summed E-state index contributed by atoms with van der Waals surface area (Å²) in [7, 11) is -3.78. The SMILES string of the molecule is CC1(C)[C@H](C(=O)[O-])N2C(=O)C(N)[C@H]2S1(=O)=O.[Na+]. The molecule has 2 fully saturated rings. The van der Waals surface area contributed by atoms with Crippen molar-refractivity contribution in [1.82, 2.24) is 4.90 Å². The van der Waals surface area contributed by atoms with E-state index in [0.717, 1.165) is 4.90 Å². The maximum Gasteiger partial charge on any atom is 1.00 e. The standard InChI is InChI=1S/C8H12N2O5S.Na/c1-8(2)4(7(12)13)10-5(11)3(9)6(10)16(8,14)15;/h3-4,6H,9H2,1-2H3,(H,12,13);/q;+1/p-1/t3?,4-,6+;/m0./s1. The van der Waals surface area contributed by atoms with Gasteiger partial charge >= 0.3 is 29.6 Å². The van der Waals surface area contributed by atoms with Gasteiger partial charge in [0.2, 0.25) is 5.91 Å². The third-order valence-electron chi connectivity index (χ3n) is 3.33. The molecule has 17 heavy (non-hydrogen) atoms. The minimum atomic E-state index is -3.78. The summed E-state index contributed by atoms with van der Waals surface area (Å²) in [5, 5.41) is 9.71. The number of carbonyl (C=O) groups is 2. The summed E-state index contributed by atoms with van der Waals surface area (Å²) in [6.45, 7) is 2.53. The van der Waals surface area contributed by atoms with Crippen molar-refractivity contribution in [2.45, 2.75) is 36.1 Å². The second-order valence-corrected chi connectivity index (χ2v) is 7.16. The van der Waals surface area contributed by atoms with Gasteiger partial charge in [-0.1, -0.05) is 0 Å². The number of hydrogen-bond donors (Lipinski definition) is 1. The minimum absolute atomic E-state index is 0. The molecule has 1 amide bonds. The molecule has 2 rings (SSSR count). The molecule has 0 aromatic rings. The van der Waals surface area contributed by atoms with Crippen LogP contribution < -0.4 is 40.4 Å². The van der Waals surface area contributed by atoms with E-state index in [9.17, 15) is 23.1 Å². The molecule has 2 saturated heterocycles. The molecule has 7 nitrogen and oxygen atoms in total. The predicted octanol–water partition coefficient (Wildman–Crippen LogP) is -6.19. The van der Waals surface area contributed by atoms with Crippen LogP contribution in [0.15, 0.2) is 0 Å². The number of β-lactam (4-membered cyclic amide) rings is 1. The van der Waals surface area contributed by atoms with Crippen molar-refractivity contribution in [2.24, 2.45) is 5.73 Å². The van der Waals surface area contributed by atoms with Crippen molar-refractivity contribution >= 4 is 21.7 Å². The molecule has 3 atom stereocenters. The Hall–Kier alpha value is -0.150. The van der Waals surface area contributed by atoms with E-state index >= 15 is 0 Å². The van der Waals surface area contributed by atoms with Crippen LogP contribution in [0.3, 0.4) is 0 Å². The van der Waals surface area contributed by atoms with E-state index < -0.39 is 43.9 Å². The van der Waals surface area contributed by atoms with Gasteiger partial charge in [-0.2, -0.15) is 0 Å². The maximum absolute atomic E-state index is 12.0. The number of aliphatic carboxylic acids is 1. The molecular formula is C8H11N2NaO5S. The van der Waals surface area contributed by atoms with E-state index in [1.54, 1.807) is 0 Å². The van der Waals surface area contributed by atoms with Gasteiger partial charge in [-0.15, -0.1) is 0 Å². The van der Waals surface area contributed by atoms with Crippen molar-refractivity contribution in [3.8, 4) is 0 Å². The third kappa shape index (κ3) is 1.51. The van der Waals surface area contributed by atoms with Crippen LogP contribution in [0, 0.1) is 0 Å². The molecule has 90 valence electrons. The number of hydrogen-bond acceptors (Lipinski definition) is 6. The third-order valence-corrected chi connectivity index (χ3v) is 6.18. The molecule has 0 bridgehead atoms. The molecule has 0 saturated carbocycles. The average Bonchev–Trinajstić information content (AvgIpc) is 2.28. The number of nitrogens with zero attached hydrogens (tertiary/aromatic N) is 1. The summed E-state index contributed by atoms with van der Waals surface area (Å²) in [5.74, 6) is -2.23. The predicted molar refractivity (Wildman–Crippen MR) is 50.4 cm³/mol. The summed E-state index contributed by atoms with van der Waals surface area (Å²) in [4.78, 5) is 23.1. The molecule has 0 spiro atoms. The van der Waals surface area contributed by atoms with Gasteiger partial charge in [0, 0.05) is 0 Å². The molecule has 2 aliphatic rings. The zero-order chi connectivity index (χ0) is 12.5. The summed E-state index contributed by atoms with van der Waals surface area (Å²) in [6.07, 6.45) is 0. The van der Waals surface area contributed by atoms with Crippen LogP contribution >= 0.6 is 0 Å². The van der Waals surface area contributed by atoms with Gasteiger partial charge in [0.25, 0.3) is 0 Å². The normalized spacial score (nSPS) is 36.8. The molecule has 0 aliphatic carbocycles. The number of carbonyl (C=O) groups excluding carboxylic acids is 2. The first-order chi connectivity index (χ1) is 7.14. The Bertz CT molecular complexity index is 488. The Balaban J connectivity index is 0.00000144. The molecule has 1 unspecified atom stereocenters. The molecule has 0 aromatic heterocycles. The van der Waals surface area contributed by atoms with Crippen molar-refractivity contribution in [1.29, 1.82) is 0 Å². The molecule has 2 aliphatic heterocycles. The molecule has 9 heteroatoms. The molecular weight excluding hydrogens is 259 g/mol. The first-order valence-corrected chi connectivity index (χ1v) is 6.20. The monoisotopic (exact) mass is 270 g/mol. The molecule has 2 N–H and O–H groups in total. The second-order valence-electron chi connectivity index (χ2n) is 4.53. The average molecular weight is 270 g/mol. The first kappa shape index (κ1) is 14.9. The van der Waals surface area contributed by atoms with Crippen LogP contribution in [0.2, 0.25) is 0 Å². The Labute approximate surface area is 121 Å². The number of carboxylic acid groups (broad SMARTS) is 1. The molecule has 2 heterocycles. The summed E-state index contributed by atoms with van der Waals surface area (Å²) in [5.41, 5.74) is 5.38. The van der Waals surface area contributed by atoms with Crippen molar-refractivity contribution < 1.29 is 52.7 Å². The zero-order valence-corrected chi connectivity index (χ0v) is 12.5. The van der Waals surface area contributed by atoms with Crippen molar-refractivity contribution in [3.05, 3.63) is 0 Å². The van der Waals surface area contributed by atoms with E-state index in [4.69, 9.17) is 5.73 Å². The fourth-order valence-corrected chi connectivity index (χ4v) is 4.50. The smallest absolute Gasteiger partial charge is 0.548 e. The van der Waals surface area contributed by atoms with Crippen LogP contribution in [-0.4, -0.2) is 47.4 Å². The van der Waals surface area contributed by atoms with E-state index in [-0.39, 0.29) is 29.6 Å². The van der Waals surface area contributed by atoms with Crippen LogP contribution in [-0.2, 0) is 19.4 Å². The molecule has 0 radical (unpaired) electrons. The zero-order valence-electron chi connectivity index (χ0n) is 9.71. The Morgan fingerprint density at radius 1 is 1.47 bits per heavy atom. The molecule has 0 aromatic carbocycles. The Morgan fingerprint density at radius 2 is 1.94 bits per heavy atom. The van der Waals surface area contributed by atoms with Crippen molar-refractivity contribution in [3.63, 3.8) is 0 Å². The van der Waals surface area contributed by atoms with Crippen LogP contribution in [0.25, 0.3) is 0 Å². The van der Waals surface area contributed by atoms with Gasteiger partial charge in [0.05, 0.1) is 16.8 Å². The van der Waals surface area contributed by atoms with E-state index in [0.29, 0.717) is 0 Å². The van der Waals surface area contributed by atoms with Gasteiger partial charge in [-0.25, -0.2) is 8.42 Å². The van der Waals surface area contributed by atoms with Crippen molar-refractivity contribution in [2.75, 3.05) is 0 Å². The summed E-state index contributed by atoms with van der Waals surface area (Å²) >= 11 is 0. The van der Waals surface area contributed by atoms with E-state index in [1.165, 1.54) is 13.8 Å². The number of sulfone groups is 1. The maximum atomic E-state index is 12.0. The Kier molecular flexibility index (Phi) is 3.44. The van der Waals surface area contributed by atoms with Crippen LogP contribution in [0.1, 0.15) is 13.8 Å². The van der Waals surface area contributed by atoms with Gasteiger partial charge in [-0.05, 0) is 13.8 Å². The van der Waals surface area contributed by atoms with Gasteiger partial charge in [0.1, 0.15) is 6.04 Å². The van der Waals surface area contributed by atoms with E-state index in [1.807, 2.05) is 0 Å². The van der Waals surface area contributed by atoms with Crippen LogP contribution in [0.5, 0.6) is 0 Å². The Morgan fingerprint density at radius 3 is 2.35 bits per heavy atom. The number of rotatable bonds is 1. The van der Waals surface area contributed by atoms with Crippen LogP contribution in [0.4, 0.5) is 0 Å². The quantitative estimate of drug-likeness (QED) is 0.374. The fourth-order valence-electron chi connectivity index (χ4n) is 2.33. The number of amides is 1. The topological polar surface area (TPSA) is 121 Å². The number of fused-ring (bicyclic) bond motifs is 1. The van der Waals surface area contributed by atoms with E-state index in [2.05, 4.69) is 0 Å².